The van der Waals surface area contributed by atoms with Crippen molar-refractivity contribution in [2.45, 2.75) is 26.2 Å². The molecule has 2 rings (SSSR count). The lowest BCUT2D eigenvalue weighted by molar-refractivity contribution is -0.152. The van der Waals surface area contributed by atoms with E-state index in [0.717, 1.165) is 8.95 Å². The molecule has 0 radical (unpaired) electrons. The van der Waals surface area contributed by atoms with Gasteiger partial charge in [0.1, 0.15) is 0 Å². The van der Waals surface area contributed by atoms with Crippen LogP contribution in [0.25, 0.3) is 0 Å². The van der Waals surface area contributed by atoms with Gasteiger partial charge in [-0.2, -0.15) is 0 Å². The second kappa shape index (κ2) is 6.48. The van der Waals surface area contributed by atoms with Gasteiger partial charge in [0.15, 0.2) is 0 Å². The molecule has 114 valence electrons. The molecular weight excluding hydrogens is 402 g/mol. The molecule has 0 bridgehead atoms. The molecule has 0 unspecified atom stereocenters. The highest BCUT2D eigenvalue weighted by Gasteiger charge is 2.41. The third kappa shape index (κ3) is 3.31. The number of halogens is 2. The van der Waals surface area contributed by atoms with Crippen LogP contribution in [0, 0.1) is 5.41 Å². The molecule has 0 spiro atoms. The van der Waals surface area contributed by atoms with E-state index in [1.54, 1.807) is 11.0 Å². The van der Waals surface area contributed by atoms with Crippen LogP contribution in [0.2, 0.25) is 0 Å². The number of carbonyl (C=O) groups is 2. The topological polar surface area (TPSA) is 57.6 Å². The smallest absolute Gasteiger partial charge is 0.309 e. The largest absolute Gasteiger partial charge is 0.481 e. The van der Waals surface area contributed by atoms with Crippen LogP contribution in [0.3, 0.4) is 0 Å². The normalized spacial score (nSPS) is 17.6. The highest BCUT2D eigenvalue weighted by molar-refractivity contribution is 9.11. The number of nitrogens with zero attached hydrogens (tertiary/aromatic N) is 1. The number of carbonyl (C=O) groups excluding carboxylic acids is 1. The number of hydrogen-bond donors (Lipinski definition) is 1. The van der Waals surface area contributed by atoms with Gasteiger partial charge in [-0.15, -0.1) is 0 Å². The van der Waals surface area contributed by atoms with Crippen molar-refractivity contribution in [2.24, 2.45) is 5.41 Å². The summed E-state index contributed by atoms with van der Waals surface area (Å²) < 4.78 is 1.60. The van der Waals surface area contributed by atoms with Gasteiger partial charge in [0.05, 0.1) is 11.0 Å². The number of hydrogen-bond acceptors (Lipinski definition) is 2. The van der Waals surface area contributed by atoms with Crippen LogP contribution >= 0.6 is 31.9 Å². The Kier molecular flexibility index (Phi) is 5.09. The Morgan fingerprint density at radius 1 is 1.29 bits per heavy atom. The molecule has 1 aliphatic heterocycles. The minimum absolute atomic E-state index is 0.0572. The van der Waals surface area contributed by atoms with Gasteiger partial charge >= 0.3 is 5.97 Å². The van der Waals surface area contributed by atoms with E-state index in [4.69, 9.17) is 0 Å². The van der Waals surface area contributed by atoms with Crippen molar-refractivity contribution in [3.8, 4) is 0 Å². The van der Waals surface area contributed by atoms with Gasteiger partial charge in [0.25, 0.3) is 5.91 Å². The van der Waals surface area contributed by atoms with Crippen LogP contribution in [0.5, 0.6) is 0 Å². The summed E-state index contributed by atoms with van der Waals surface area (Å²) in [5.74, 6) is -0.806. The lowest BCUT2D eigenvalue weighted by Gasteiger charge is -2.38. The summed E-state index contributed by atoms with van der Waals surface area (Å²) in [6, 6.07) is 5.48. The second-order valence-corrected chi connectivity index (χ2v) is 7.13. The molecule has 1 heterocycles. The quantitative estimate of drug-likeness (QED) is 0.808. The van der Waals surface area contributed by atoms with Gasteiger partial charge in [-0.25, -0.2) is 0 Å². The third-order valence-corrected chi connectivity index (χ3v) is 5.48. The van der Waals surface area contributed by atoms with Crippen molar-refractivity contribution >= 4 is 43.7 Å². The molecule has 6 heteroatoms. The van der Waals surface area contributed by atoms with Crippen LogP contribution in [0.15, 0.2) is 27.1 Å². The number of carboxylic acids is 1. The number of rotatable bonds is 3. The maximum atomic E-state index is 12.6. The molecule has 0 saturated carbocycles. The standard InChI is InChI=1S/C15H17Br2NO3/c1-2-15(14(20)21)5-7-18(8-6-15)13(19)11-9-10(16)3-4-12(11)17/h3-4,9H,2,5-8H2,1H3,(H,20,21). The van der Waals surface area contributed by atoms with Gasteiger partial charge in [-0.05, 0) is 53.4 Å². The zero-order valence-corrected chi connectivity index (χ0v) is 14.9. The fourth-order valence-corrected chi connectivity index (χ4v) is 3.47. The van der Waals surface area contributed by atoms with Crippen molar-refractivity contribution in [2.75, 3.05) is 13.1 Å². The first-order valence-electron chi connectivity index (χ1n) is 6.87. The van der Waals surface area contributed by atoms with E-state index in [2.05, 4.69) is 31.9 Å². The minimum Gasteiger partial charge on any atom is -0.481 e. The van der Waals surface area contributed by atoms with Gasteiger partial charge in [0.2, 0.25) is 0 Å². The van der Waals surface area contributed by atoms with Gasteiger partial charge in [0, 0.05) is 22.0 Å². The predicted molar refractivity (Wildman–Crippen MR) is 87.3 cm³/mol. The van der Waals surface area contributed by atoms with E-state index in [0.29, 0.717) is 37.9 Å². The summed E-state index contributed by atoms with van der Waals surface area (Å²) in [7, 11) is 0. The van der Waals surface area contributed by atoms with Crippen LogP contribution in [0.4, 0.5) is 0 Å². The Hall–Kier alpha value is -0.880. The monoisotopic (exact) mass is 417 g/mol. The predicted octanol–water partition coefficient (Wildman–Crippen LogP) is 3.93. The molecule has 4 nitrogen and oxygen atoms in total. The highest BCUT2D eigenvalue weighted by atomic mass is 79.9. The number of benzene rings is 1. The fraction of sp³-hybridized carbons (Fsp3) is 0.467. The van der Waals surface area contributed by atoms with E-state index < -0.39 is 11.4 Å². The Morgan fingerprint density at radius 2 is 1.90 bits per heavy atom. The number of amides is 1. The van der Waals surface area contributed by atoms with E-state index in [1.807, 2.05) is 19.1 Å². The maximum absolute atomic E-state index is 12.6. The Bertz CT molecular complexity index is 566. The zero-order valence-electron chi connectivity index (χ0n) is 11.7. The molecule has 1 aromatic carbocycles. The summed E-state index contributed by atoms with van der Waals surface area (Å²) in [6.07, 6.45) is 1.62. The molecule has 1 N–H and O–H groups in total. The summed E-state index contributed by atoms with van der Waals surface area (Å²) in [5.41, 5.74) is -0.0747. The van der Waals surface area contributed by atoms with Crippen molar-refractivity contribution in [1.82, 2.24) is 4.90 Å². The van der Waals surface area contributed by atoms with Crippen LogP contribution in [0.1, 0.15) is 36.5 Å². The van der Waals surface area contributed by atoms with Crippen molar-refractivity contribution in [1.29, 1.82) is 0 Å². The molecule has 1 aliphatic rings. The maximum Gasteiger partial charge on any atom is 0.309 e. The summed E-state index contributed by atoms with van der Waals surface area (Å²) >= 11 is 6.76. The third-order valence-electron chi connectivity index (χ3n) is 4.30. The van der Waals surface area contributed by atoms with E-state index in [1.165, 1.54) is 0 Å². The Morgan fingerprint density at radius 3 is 2.43 bits per heavy atom. The van der Waals surface area contributed by atoms with E-state index in [-0.39, 0.29) is 5.91 Å². The lowest BCUT2D eigenvalue weighted by atomic mass is 9.76. The van der Waals surface area contributed by atoms with Crippen LogP contribution in [-0.2, 0) is 4.79 Å². The van der Waals surface area contributed by atoms with Crippen molar-refractivity contribution in [3.63, 3.8) is 0 Å². The van der Waals surface area contributed by atoms with Gasteiger partial charge in [-0.1, -0.05) is 22.9 Å². The molecule has 0 atom stereocenters. The van der Waals surface area contributed by atoms with E-state index in [9.17, 15) is 14.7 Å². The van der Waals surface area contributed by atoms with Crippen LogP contribution in [-0.4, -0.2) is 35.0 Å². The van der Waals surface area contributed by atoms with Gasteiger partial charge in [-0.3, -0.25) is 9.59 Å². The van der Waals surface area contributed by atoms with Gasteiger partial charge < -0.3 is 10.0 Å². The number of piperidine rings is 1. The summed E-state index contributed by atoms with van der Waals surface area (Å²) in [6.45, 7) is 2.87. The van der Waals surface area contributed by atoms with Crippen LogP contribution < -0.4 is 0 Å². The van der Waals surface area contributed by atoms with E-state index >= 15 is 0 Å². The molecule has 0 aliphatic carbocycles. The molecule has 1 aromatic rings. The van der Waals surface area contributed by atoms with Crippen molar-refractivity contribution in [3.05, 3.63) is 32.7 Å². The molecule has 1 amide bonds. The SMILES string of the molecule is CCC1(C(=O)O)CCN(C(=O)c2cc(Br)ccc2Br)CC1. The molecule has 1 fully saturated rings. The zero-order chi connectivity index (χ0) is 15.6. The fourth-order valence-electron chi connectivity index (χ4n) is 2.69. The minimum atomic E-state index is -0.749. The van der Waals surface area contributed by atoms with Crippen molar-refractivity contribution < 1.29 is 14.7 Å². The highest BCUT2D eigenvalue weighted by Crippen LogP contribution is 2.36. The lowest BCUT2D eigenvalue weighted by Crippen LogP contribution is -2.46. The summed E-state index contributed by atoms with van der Waals surface area (Å²) in [4.78, 5) is 25.7. The Balaban J connectivity index is 2.13. The molecular formula is C15H17Br2NO3. The number of aliphatic carboxylic acids is 1. The number of carboxylic acid groups (broad SMARTS) is 1. The average Bonchev–Trinajstić information content (AvgIpc) is 2.49. The number of likely N-dealkylation sites (tertiary alicyclic amines) is 1. The molecule has 21 heavy (non-hydrogen) atoms. The molecule has 1 saturated heterocycles. The Labute approximate surface area is 140 Å². The average molecular weight is 419 g/mol. The first-order valence-corrected chi connectivity index (χ1v) is 8.46. The first-order chi connectivity index (χ1) is 9.89. The molecule has 0 aromatic heterocycles. The summed E-state index contributed by atoms with van der Waals surface area (Å²) in [5, 5.41) is 9.39. The first kappa shape index (κ1) is 16.5. The second-order valence-electron chi connectivity index (χ2n) is 5.36.